The molecule has 3 heterocycles. The van der Waals surface area contributed by atoms with E-state index in [4.69, 9.17) is 0 Å². The molecule has 1 saturated heterocycles. The molecule has 2 aromatic heterocycles. The van der Waals surface area contributed by atoms with Gasteiger partial charge in [0.15, 0.2) is 5.82 Å². The lowest BCUT2D eigenvalue weighted by molar-refractivity contribution is 0.238. The van der Waals surface area contributed by atoms with Crippen LogP contribution in [0.4, 0.5) is 5.82 Å². The van der Waals surface area contributed by atoms with Crippen LogP contribution in [0.25, 0.3) is 11.3 Å². The van der Waals surface area contributed by atoms with Crippen LogP contribution in [0.15, 0.2) is 29.5 Å². The zero-order chi connectivity index (χ0) is 16.4. The van der Waals surface area contributed by atoms with Gasteiger partial charge in [-0.1, -0.05) is 0 Å². The number of anilines is 1. The van der Waals surface area contributed by atoms with Crippen LogP contribution >= 0.6 is 0 Å². The Kier molecular flexibility index (Phi) is 4.43. The van der Waals surface area contributed by atoms with Crippen LogP contribution in [0.5, 0.6) is 0 Å². The van der Waals surface area contributed by atoms with Crippen LogP contribution in [0.3, 0.4) is 0 Å². The third kappa shape index (κ3) is 2.99. The summed E-state index contributed by atoms with van der Waals surface area (Å²) in [5.41, 5.74) is 2.71. The number of aromatic nitrogens is 3. The molecule has 1 aliphatic rings. The highest BCUT2D eigenvalue weighted by atomic mass is 16.3. The quantitative estimate of drug-likeness (QED) is 0.925. The summed E-state index contributed by atoms with van der Waals surface area (Å²) in [5.74, 6) is 0.693. The van der Waals surface area contributed by atoms with E-state index in [-0.39, 0.29) is 18.1 Å². The number of aliphatic hydroxyl groups excluding tert-OH is 1. The van der Waals surface area contributed by atoms with Crippen LogP contribution in [0.1, 0.15) is 18.9 Å². The molecule has 3 rings (SSSR count). The van der Waals surface area contributed by atoms with Gasteiger partial charge < -0.3 is 14.6 Å². The van der Waals surface area contributed by atoms with Crippen molar-refractivity contribution in [3.8, 4) is 11.3 Å². The number of hydrogen-bond donors (Lipinski definition) is 1. The van der Waals surface area contributed by atoms with E-state index in [0.717, 1.165) is 29.8 Å². The Hall–Kier alpha value is -2.21. The third-order valence-electron chi connectivity index (χ3n) is 4.46. The first-order valence-electron chi connectivity index (χ1n) is 8.02. The summed E-state index contributed by atoms with van der Waals surface area (Å²) in [4.78, 5) is 23.4. The van der Waals surface area contributed by atoms with Gasteiger partial charge in [-0.05, 0) is 31.9 Å². The molecule has 6 heteroatoms. The number of rotatable bonds is 4. The topological polar surface area (TPSA) is 71.2 Å². The van der Waals surface area contributed by atoms with E-state index >= 15 is 0 Å². The highest BCUT2D eigenvalue weighted by Gasteiger charge is 2.26. The molecule has 1 fully saturated rings. The Morgan fingerprint density at radius 3 is 2.91 bits per heavy atom. The number of aliphatic hydroxyl groups is 1. The summed E-state index contributed by atoms with van der Waals surface area (Å²) < 4.78 is 1.69. The van der Waals surface area contributed by atoms with Crippen molar-refractivity contribution in [2.75, 3.05) is 24.6 Å². The van der Waals surface area contributed by atoms with Gasteiger partial charge >= 0.3 is 0 Å². The second-order valence-electron chi connectivity index (χ2n) is 6.01. The van der Waals surface area contributed by atoms with E-state index in [0.29, 0.717) is 18.9 Å². The molecule has 0 aromatic carbocycles. The molecule has 0 unspecified atom stereocenters. The molecule has 1 N–H and O–H groups in total. The van der Waals surface area contributed by atoms with Crippen LogP contribution in [-0.4, -0.2) is 39.3 Å². The van der Waals surface area contributed by atoms with Gasteiger partial charge in [-0.25, -0.2) is 4.98 Å². The highest BCUT2D eigenvalue weighted by molar-refractivity contribution is 5.63. The lowest BCUT2D eigenvalue weighted by Gasteiger charge is -2.19. The van der Waals surface area contributed by atoms with Crippen molar-refractivity contribution in [2.45, 2.75) is 26.8 Å². The lowest BCUT2D eigenvalue weighted by Crippen LogP contribution is -2.32. The van der Waals surface area contributed by atoms with Crippen molar-refractivity contribution in [1.29, 1.82) is 0 Å². The fourth-order valence-electron chi connectivity index (χ4n) is 3.00. The number of aryl methyl sites for hydroxylation is 2. The summed E-state index contributed by atoms with van der Waals surface area (Å²) in [6, 6.07) is 1.94. The maximum absolute atomic E-state index is 12.6. The van der Waals surface area contributed by atoms with Crippen molar-refractivity contribution in [1.82, 2.24) is 14.5 Å². The van der Waals surface area contributed by atoms with Crippen LogP contribution in [0, 0.1) is 12.8 Å². The highest BCUT2D eigenvalue weighted by Crippen LogP contribution is 2.24. The standard InChI is InChI=1S/C17H22N4O2/c1-3-20-10-15(14-8-18-6-4-12(14)2)19-16(17(20)23)21-7-5-13(9-21)11-22/h4,6,8,10,13,22H,3,5,7,9,11H2,1-2H3/t13-/m1/s1. The zero-order valence-corrected chi connectivity index (χ0v) is 13.6. The summed E-state index contributed by atoms with van der Waals surface area (Å²) >= 11 is 0. The van der Waals surface area contributed by atoms with Gasteiger partial charge in [0.05, 0.1) is 5.69 Å². The predicted molar refractivity (Wildman–Crippen MR) is 89.5 cm³/mol. The van der Waals surface area contributed by atoms with Crippen molar-refractivity contribution < 1.29 is 5.11 Å². The molecular formula is C17H22N4O2. The van der Waals surface area contributed by atoms with E-state index in [2.05, 4.69) is 9.97 Å². The molecule has 23 heavy (non-hydrogen) atoms. The van der Waals surface area contributed by atoms with Gasteiger partial charge in [0.2, 0.25) is 0 Å². The Bertz CT molecular complexity index is 756. The zero-order valence-electron chi connectivity index (χ0n) is 13.6. The monoisotopic (exact) mass is 314 g/mol. The number of pyridine rings is 1. The van der Waals surface area contributed by atoms with Crippen molar-refractivity contribution in [3.63, 3.8) is 0 Å². The van der Waals surface area contributed by atoms with Gasteiger partial charge in [0.25, 0.3) is 5.56 Å². The van der Waals surface area contributed by atoms with Gasteiger partial charge in [0.1, 0.15) is 0 Å². The number of hydrogen-bond acceptors (Lipinski definition) is 5. The normalized spacial score (nSPS) is 17.7. The van der Waals surface area contributed by atoms with E-state index in [1.54, 1.807) is 23.2 Å². The fraction of sp³-hybridized carbons (Fsp3) is 0.471. The third-order valence-corrected chi connectivity index (χ3v) is 4.46. The smallest absolute Gasteiger partial charge is 0.293 e. The molecule has 2 aromatic rings. The second kappa shape index (κ2) is 6.50. The first-order valence-corrected chi connectivity index (χ1v) is 8.02. The van der Waals surface area contributed by atoms with Crippen molar-refractivity contribution in [3.05, 3.63) is 40.6 Å². The Morgan fingerprint density at radius 2 is 2.26 bits per heavy atom. The second-order valence-corrected chi connectivity index (χ2v) is 6.01. The maximum Gasteiger partial charge on any atom is 0.293 e. The average Bonchev–Trinajstić information content (AvgIpc) is 3.04. The van der Waals surface area contributed by atoms with Crippen LogP contribution in [0.2, 0.25) is 0 Å². The Balaban J connectivity index is 2.08. The van der Waals surface area contributed by atoms with E-state index < -0.39 is 0 Å². The molecule has 6 nitrogen and oxygen atoms in total. The van der Waals surface area contributed by atoms with Gasteiger partial charge in [-0.2, -0.15) is 0 Å². The van der Waals surface area contributed by atoms with Gasteiger partial charge in [0, 0.05) is 56.3 Å². The molecule has 1 atom stereocenters. The van der Waals surface area contributed by atoms with E-state index in [9.17, 15) is 9.90 Å². The largest absolute Gasteiger partial charge is 0.396 e. The predicted octanol–water partition coefficient (Wildman–Crippen LogP) is 1.45. The number of nitrogens with zero attached hydrogens (tertiary/aromatic N) is 4. The summed E-state index contributed by atoms with van der Waals surface area (Å²) in [7, 11) is 0. The molecule has 0 amide bonds. The van der Waals surface area contributed by atoms with Gasteiger partial charge in [-0.15, -0.1) is 0 Å². The molecule has 0 saturated carbocycles. The summed E-state index contributed by atoms with van der Waals surface area (Å²) in [6.07, 6.45) is 6.23. The van der Waals surface area contributed by atoms with Gasteiger partial charge in [-0.3, -0.25) is 9.78 Å². The average molecular weight is 314 g/mol. The minimum absolute atomic E-state index is 0.0728. The van der Waals surface area contributed by atoms with Crippen LogP contribution < -0.4 is 10.5 Å². The summed E-state index contributed by atoms with van der Waals surface area (Å²) in [5, 5.41) is 9.33. The molecule has 0 spiro atoms. The molecule has 0 aliphatic carbocycles. The van der Waals surface area contributed by atoms with E-state index in [1.165, 1.54) is 0 Å². The molecule has 0 bridgehead atoms. The van der Waals surface area contributed by atoms with Crippen molar-refractivity contribution in [2.24, 2.45) is 5.92 Å². The fourth-order valence-corrected chi connectivity index (χ4v) is 3.00. The molecule has 122 valence electrons. The maximum atomic E-state index is 12.6. The van der Waals surface area contributed by atoms with Crippen LogP contribution in [-0.2, 0) is 6.54 Å². The SMILES string of the molecule is CCn1cc(-c2cnccc2C)nc(N2CC[C@@H](CO)C2)c1=O. The Morgan fingerprint density at radius 1 is 1.43 bits per heavy atom. The van der Waals surface area contributed by atoms with E-state index in [1.807, 2.05) is 24.8 Å². The lowest BCUT2D eigenvalue weighted by atomic mass is 10.1. The molecule has 1 aliphatic heterocycles. The minimum atomic E-state index is -0.0728. The van der Waals surface area contributed by atoms with Crippen molar-refractivity contribution >= 4 is 5.82 Å². The Labute approximate surface area is 135 Å². The molecule has 0 radical (unpaired) electrons. The summed E-state index contributed by atoms with van der Waals surface area (Å²) in [6.45, 7) is 6.14. The minimum Gasteiger partial charge on any atom is -0.396 e. The molecular weight excluding hydrogens is 292 g/mol. The first kappa shape index (κ1) is 15.7. The first-order chi connectivity index (χ1) is 11.1.